The van der Waals surface area contributed by atoms with E-state index in [0.717, 1.165) is 11.4 Å². The lowest BCUT2D eigenvalue weighted by atomic mass is 9.98. The van der Waals surface area contributed by atoms with Crippen molar-refractivity contribution in [2.75, 3.05) is 13.1 Å². The first kappa shape index (κ1) is 14.0. The molecular formula is C13H18N2O3S. The van der Waals surface area contributed by atoms with Crippen LogP contribution in [0.5, 0.6) is 0 Å². The van der Waals surface area contributed by atoms with Crippen LogP contribution in [0.3, 0.4) is 0 Å². The minimum absolute atomic E-state index is 0.144. The van der Waals surface area contributed by atoms with Gasteiger partial charge in [-0.25, -0.2) is 4.98 Å². The fourth-order valence-corrected chi connectivity index (χ4v) is 2.99. The molecule has 1 aliphatic rings. The number of carboxylic acids is 1. The van der Waals surface area contributed by atoms with Gasteiger partial charge in [0.2, 0.25) is 0 Å². The molecule has 1 saturated heterocycles. The zero-order chi connectivity index (χ0) is 14.0. The van der Waals surface area contributed by atoms with Crippen molar-refractivity contribution in [1.82, 2.24) is 9.88 Å². The van der Waals surface area contributed by atoms with Gasteiger partial charge < -0.3 is 10.0 Å². The number of hydrogen-bond donors (Lipinski definition) is 1. The molecule has 1 aliphatic heterocycles. The maximum atomic E-state index is 12.3. The van der Waals surface area contributed by atoms with Crippen molar-refractivity contribution in [1.29, 1.82) is 0 Å². The quantitative estimate of drug-likeness (QED) is 0.922. The molecule has 2 rings (SSSR count). The van der Waals surface area contributed by atoms with Crippen LogP contribution in [0, 0.1) is 5.92 Å². The van der Waals surface area contributed by atoms with Gasteiger partial charge in [-0.05, 0) is 12.8 Å². The molecule has 1 aromatic heterocycles. The second-order valence-corrected chi connectivity index (χ2v) is 6.04. The monoisotopic (exact) mass is 282 g/mol. The molecule has 1 fully saturated rings. The lowest BCUT2D eigenvalue weighted by Gasteiger charge is -2.30. The second-order valence-electron chi connectivity index (χ2n) is 5.15. The number of piperidine rings is 1. The number of aromatic nitrogens is 1. The minimum Gasteiger partial charge on any atom is -0.481 e. The summed E-state index contributed by atoms with van der Waals surface area (Å²) in [5, 5.41) is 11.7. The van der Waals surface area contributed by atoms with Gasteiger partial charge in [0.15, 0.2) is 0 Å². The van der Waals surface area contributed by atoms with Gasteiger partial charge in [-0.1, -0.05) is 13.8 Å². The number of thiazole rings is 1. The summed E-state index contributed by atoms with van der Waals surface area (Å²) in [6, 6.07) is 0. The number of aliphatic carboxylic acids is 1. The minimum atomic E-state index is -0.821. The van der Waals surface area contributed by atoms with Crippen molar-refractivity contribution in [2.24, 2.45) is 5.92 Å². The van der Waals surface area contributed by atoms with Crippen molar-refractivity contribution >= 4 is 23.2 Å². The molecule has 0 radical (unpaired) electrons. The smallest absolute Gasteiger partial charge is 0.308 e. The number of hydrogen-bond acceptors (Lipinski definition) is 4. The number of nitrogens with zero attached hydrogens (tertiary/aromatic N) is 2. The van der Waals surface area contributed by atoms with Crippen LogP contribution >= 0.6 is 11.3 Å². The normalized spacial score (nSPS) is 19.7. The number of likely N-dealkylation sites (tertiary alicyclic amines) is 1. The fraction of sp³-hybridized carbons (Fsp3) is 0.615. The Bertz CT molecular complexity index is 484. The van der Waals surface area contributed by atoms with Crippen LogP contribution in [-0.4, -0.2) is 40.0 Å². The van der Waals surface area contributed by atoms with E-state index in [2.05, 4.69) is 4.98 Å². The van der Waals surface area contributed by atoms with E-state index in [1.54, 1.807) is 10.3 Å². The molecule has 6 heteroatoms. The Morgan fingerprint density at radius 2 is 2.26 bits per heavy atom. The lowest BCUT2D eigenvalue weighted by molar-refractivity contribution is -0.143. The molecule has 19 heavy (non-hydrogen) atoms. The Hall–Kier alpha value is -1.43. The summed E-state index contributed by atoms with van der Waals surface area (Å²) in [7, 11) is 0. The third-order valence-electron chi connectivity index (χ3n) is 3.29. The molecule has 0 bridgehead atoms. The van der Waals surface area contributed by atoms with E-state index < -0.39 is 11.9 Å². The van der Waals surface area contributed by atoms with Crippen LogP contribution in [0.25, 0.3) is 0 Å². The topological polar surface area (TPSA) is 70.5 Å². The Balaban J connectivity index is 2.08. The average molecular weight is 282 g/mol. The van der Waals surface area contributed by atoms with Crippen molar-refractivity contribution in [3.8, 4) is 0 Å². The zero-order valence-electron chi connectivity index (χ0n) is 11.1. The Labute approximate surface area is 116 Å². The molecule has 104 valence electrons. The molecule has 1 atom stereocenters. The van der Waals surface area contributed by atoms with Crippen LogP contribution in [-0.2, 0) is 4.79 Å². The molecule has 0 spiro atoms. The van der Waals surface area contributed by atoms with Gasteiger partial charge in [0, 0.05) is 24.4 Å². The van der Waals surface area contributed by atoms with E-state index in [9.17, 15) is 9.59 Å². The van der Waals surface area contributed by atoms with Crippen molar-refractivity contribution in [3.05, 3.63) is 16.1 Å². The highest BCUT2D eigenvalue weighted by atomic mass is 32.1. The maximum absolute atomic E-state index is 12.3. The van der Waals surface area contributed by atoms with E-state index in [-0.39, 0.29) is 5.91 Å². The SMILES string of the molecule is CC(C)c1nc(C(=O)N2CCC[C@@H](C(=O)O)C2)cs1. The molecule has 1 aromatic rings. The van der Waals surface area contributed by atoms with Gasteiger partial charge >= 0.3 is 5.97 Å². The number of carboxylic acid groups (broad SMARTS) is 1. The first-order valence-electron chi connectivity index (χ1n) is 6.46. The third kappa shape index (κ3) is 3.12. The van der Waals surface area contributed by atoms with Crippen molar-refractivity contribution in [2.45, 2.75) is 32.6 Å². The van der Waals surface area contributed by atoms with Crippen LogP contribution < -0.4 is 0 Å². The predicted molar refractivity (Wildman–Crippen MR) is 72.5 cm³/mol. The summed E-state index contributed by atoms with van der Waals surface area (Å²) in [5.41, 5.74) is 0.444. The first-order valence-corrected chi connectivity index (χ1v) is 7.34. The van der Waals surface area contributed by atoms with Gasteiger partial charge in [0.25, 0.3) is 5.91 Å². The van der Waals surface area contributed by atoms with Crippen molar-refractivity contribution < 1.29 is 14.7 Å². The summed E-state index contributed by atoms with van der Waals surface area (Å²) < 4.78 is 0. The summed E-state index contributed by atoms with van der Waals surface area (Å²) in [6.45, 7) is 4.99. The van der Waals surface area contributed by atoms with Crippen LogP contribution in [0.1, 0.15) is 48.1 Å². The summed E-state index contributed by atoms with van der Waals surface area (Å²) in [5.74, 6) is -1.10. The highest BCUT2D eigenvalue weighted by Crippen LogP contribution is 2.22. The highest BCUT2D eigenvalue weighted by Gasteiger charge is 2.29. The third-order valence-corrected chi connectivity index (χ3v) is 4.44. The van der Waals surface area contributed by atoms with Gasteiger partial charge in [0.1, 0.15) is 5.69 Å². The molecule has 1 amide bonds. The second kappa shape index (κ2) is 5.69. The molecule has 0 saturated carbocycles. The molecule has 0 aliphatic carbocycles. The van der Waals surface area contributed by atoms with E-state index in [1.165, 1.54) is 11.3 Å². The van der Waals surface area contributed by atoms with Gasteiger partial charge in [-0.3, -0.25) is 9.59 Å². The Morgan fingerprint density at radius 3 is 2.84 bits per heavy atom. The van der Waals surface area contributed by atoms with E-state index in [0.29, 0.717) is 31.1 Å². The molecule has 0 unspecified atom stereocenters. The molecular weight excluding hydrogens is 264 g/mol. The zero-order valence-corrected chi connectivity index (χ0v) is 11.9. The molecule has 5 nitrogen and oxygen atoms in total. The van der Waals surface area contributed by atoms with Crippen LogP contribution in [0.4, 0.5) is 0 Å². The fourth-order valence-electron chi connectivity index (χ4n) is 2.18. The summed E-state index contributed by atoms with van der Waals surface area (Å²) in [4.78, 5) is 29.2. The standard InChI is InChI=1S/C13H18N2O3S/c1-8(2)11-14-10(7-19-11)12(16)15-5-3-4-9(6-15)13(17)18/h7-9H,3-6H2,1-2H3,(H,17,18)/t9-/m1/s1. The van der Waals surface area contributed by atoms with Crippen LogP contribution in [0.2, 0.25) is 0 Å². The van der Waals surface area contributed by atoms with Crippen LogP contribution in [0.15, 0.2) is 5.38 Å². The Morgan fingerprint density at radius 1 is 1.53 bits per heavy atom. The van der Waals surface area contributed by atoms with Gasteiger partial charge in [-0.15, -0.1) is 11.3 Å². The highest BCUT2D eigenvalue weighted by molar-refractivity contribution is 7.09. The largest absolute Gasteiger partial charge is 0.481 e. The van der Waals surface area contributed by atoms with E-state index >= 15 is 0 Å². The molecule has 2 heterocycles. The van der Waals surface area contributed by atoms with Gasteiger partial charge in [-0.2, -0.15) is 0 Å². The first-order chi connectivity index (χ1) is 8.99. The molecule has 1 N–H and O–H groups in total. The summed E-state index contributed by atoms with van der Waals surface area (Å²) in [6.07, 6.45) is 1.39. The predicted octanol–water partition coefficient (Wildman–Crippen LogP) is 2.20. The van der Waals surface area contributed by atoms with Crippen molar-refractivity contribution in [3.63, 3.8) is 0 Å². The number of carbonyl (C=O) groups excluding carboxylic acids is 1. The summed E-state index contributed by atoms with van der Waals surface area (Å²) >= 11 is 1.48. The van der Waals surface area contributed by atoms with Gasteiger partial charge in [0.05, 0.1) is 10.9 Å². The molecule has 0 aromatic carbocycles. The number of amides is 1. The Kier molecular flexibility index (Phi) is 4.19. The average Bonchev–Trinajstić information content (AvgIpc) is 2.87. The maximum Gasteiger partial charge on any atom is 0.308 e. The number of carbonyl (C=O) groups is 2. The van der Waals surface area contributed by atoms with E-state index in [1.807, 2.05) is 13.8 Å². The lowest BCUT2D eigenvalue weighted by Crippen LogP contribution is -2.42. The van der Waals surface area contributed by atoms with E-state index in [4.69, 9.17) is 5.11 Å². The number of rotatable bonds is 3.